The second kappa shape index (κ2) is 9.99. The lowest BCUT2D eigenvalue weighted by Gasteiger charge is -2.15. The van der Waals surface area contributed by atoms with Crippen LogP contribution in [-0.2, 0) is 9.59 Å². The average Bonchev–Trinajstić information content (AvgIpc) is 3.28. The molecule has 1 aromatic heterocycles. The summed E-state index contributed by atoms with van der Waals surface area (Å²) in [5.41, 5.74) is 5.38. The van der Waals surface area contributed by atoms with Crippen LogP contribution < -0.4 is 20.3 Å². The zero-order valence-corrected chi connectivity index (χ0v) is 21.0. The molecular formula is C27H29N5O4. The fraction of sp³-hybridized carbons (Fsp3) is 0.222. The number of rotatable bonds is 7. The minimum atomic E-state index is -0.644. The Morgan fingerprint density at radius 3 is 2.44 bits per heavy atom. The number of carbonyl (C=O) groups excluding carboxylic acids is 3. The molecule has 0 aliphatic carbocycles. The fourth-order valence-corrected chi connectivity index (χ4v) is 4.18. The van der Waals surface area contributed by atoms with Crippen molar-refractivity contribution in [2.24, 2.45) is 0 Å². The number of aryl methyl sites for hydroxylation is 1. The Bertz CT molecular complexity index is 1350. The zero-order chi connectivity index (χ0) is 26.0. The second-order valence-electron chi connectivity index (χ2n) is 8.70. The molecule has 0 radical (unpaired) electrons. The minimum Gasteiger partial charge on any atom is -0.495 e. The first-order valence-corrected chi connectivity index (χ1v) is 11.4. The van der Waals surface area contributed by atoms with Gasteiger partial charge in [-0.05, 0) is 68.0 Å². The van der Waals surface area contributed by atoms with E-state index in [4.69, 9.17) is 4.74 Å². The summed E-state index contributed by atoms with van der Waals surface area (Å²) in [6.45, 7) is 3.52. The van der Waals surface area contributed by atoms with Crippen molar-refractivity contribution in [2.45, 2.75) is 13.8 Å². The number of hydrogen-bond acceptors (Lipinski definition) is 5. The molecule has 9 heteroatoms. The third kappa shape index (κ3) is 4.81. The van der Waals surface area contributed by atoms with E-state index >= 15 is 0 Å². The first-order valence-electron chi connectivity index (χ1n) is 11.4. The van der Waals surface area contributed by atoms with E-state index in [1.165, 1.54) is 7.11 Å². The van der Waals surface area contributed by atoms with E-state index in [0.29, 0.717) is 11.4 Å². The zero-order valence-electron chi connectivity index (χ0n) is 21.0. The summed E-state index contributed by atoms with van der Waals surface area (Å²) in [7, 11) is 5.48. The largest absolute Gasteiger partial charge is 0.495 e. The van der Waals surface area contributed by atoms with Crippen LogP contribution in [0.15, 0.2) is 60.3 Å². The van der Waals surface area contributed by atoms with Gasteiger partial charge in [-0.2, -0.15) is 0 Å². The fourth-order valence-electron chi connectivity index (χ4n) is 4.18. The van der Waals surface area contributed by atoms with Crippen molar-refractivity contribution >= 4 is 35.3 Å². The van der Waals surface area contributed by atoms with Crippen molar-refractivity contribution in [3.63, 3.8) is 0 Å². The lowest BCUT2D eigenvalue weighted by molar-refractivity contribution is -0.127. The number of amides is 4. The number of anilines is 2. The molecular weight excluding hydrogens is 458 g/mol. The van der Waals surface area contributed by atoms with Gasteiger partial charge >= 0.3 is 6.03 Å². The molecule has 2 aromatic carbocycles. The van der Waals surface area contributed by atoms with E-state index in [1.54, 1.807) is 30.3 Å². The summed E-state index contributed by atoms with van der Waals surface area (Å²) in [5, 5.41) is 5.27. The number of methoxy groups -OCH3 is 1. The van der Waals surface area contributed by atoms with Crippen LogP contribution in [0.5, 0.6) is 5.75 Å². The molecule has 1 aliphatic rings. The van der Waals surface area contributed by atoms with Gasteiger partial charge in [0, 0.05) is 36.9 Å². The Morgan fingerprint density at radius 2 is 1.78 bits per heavy atom. The van der Waals surface area contributed by atoms with Gasteiger partial charge in [0.05, 0.1) is 12.8 Å². The monoisotopic (exact) mass is 487 g/mol. The standard InChI is InChI=1S/C27H29N5O4/c1-17-14-19(18(2)32(17)21-12-10-20(11-13-21)30(3)4)15-23-26(34)31(27(35)29-23)16-25(33)28-22-8-6-7-9-24(22)36-5/h6-15H,16H2,1-5H3,(H,28,33)(H,29,35)/b23-15+. The Kier molecular flexibility index (Phi) is 6.82. The normalized spacial score (nSPS) is 14.2. The van der Waals surface area contributed by atoms with Crippen LogP contribution in [-0.4, -0.2) is 55.1 Å². The van der Waals surface area contributed by atoms with E-state index in [2.05, 4.69) is 15.2 Å². The highest BCUT2D eigenvalue weighted by atomic mass is 16.5. The number of nitrogens with one attached hydrogen (secondary N) is 2. The molecule has 4 amide bonds. The molecule has 2 heterocycles. The lowest BCUT2D eigenvalue weighted by atomic mass is 10.2. The molecule has 0 spiro atoms. The van der Waals surface area contributed by atoms with Crippen LogP contribution in [0.1, 0.15) is 17.0 Å². The van der Waals surface area contributed by atoms with Crippen molar-refractivity contribution in [1.29, 1.82) is 0 Å². The van der Waals surface area contributed by atoms with E-state index in [0.717, 1.165) is 33.2 Å². The third-order valence-electron chi connectivity index (χ3n) is 6.04. The molecule has 3 aromatic rings. The van der Waals surface area contributed by atoms with Crippen LogP contribution in [0.4, 0.5) is 16.2 Å². The molecule has 4 rings (SSSR count). The maximum absolute atomic E-state index is 13.0. The van der Waals surface area contributed by atoms with Crippen LogP contribution >= 0.6 is 0 Å². The van der Waals surface area contributed by atoms with Crippen LogP contribution in [0.3, 0.4) is 0 Å². The van der Waals surface area contributed by atoms with Gasteiger partial charge in [-0.25, -0.2) is 9.69 Å². The summed E-state index contributed by atoms with van der Waals surface area (Å²) in [6, 6.07) is 16.4. The minimum absolute atomic E-state index is 0.119. The Morgan fingerprint density at radius 1 is 1.08 bits per heavy atom. The number of ether oxygens (including phenoxy) is 1. The third-order valence-corrected chi connectivity index (χ3v) is 6.04. The number of carbonyl (C=O) groups is 3. The number of hydrogen-bond donors (Lipinski definition) is 2. The molecule has 1 fully saturated rings. The summed E-state index contributed by atoms with van der Waals surface area (Å²) in [5.74, 6) is -0.589. The van der Waals surface area contributed by atoms with Crippen molar-refractivity contribution in [1.82, 2.24) is 14.8 Å². The van der Waals surface area contributed by atoms with Crippen molar-refractivity contribution in [3.05, 3.63) is 77.2 Å². The number of benzene rings is 2. The first-order chi connectivity index (χ1) is 17.2. The Balaban J connectivity index is 1.52. The van der Waals surface area contributed by atoms with Crippen LogP contribution in [0, 0.1) is 13.8 Å². The highest BCUT2D eigenvalue weighted by Crippen LogP contribution is 2.26. The van der Waals surface area contributed by atoms with E-state index in [-0.39, 0.29) is 5.70 Å². The first kappa shape index (κ1) is 24.6. The molecule has 9 nitrogen and oxygen atoms in total. The van der Waals surface area contributed by atoms with Crippen molar-refractivity contribution in [3.8, 4) is 11.4 Å². The van der Waals surface area contributed by atoms with E-state index in [1.807, 2.05) is 63.2 Å². The maximum atomic E-state index is 13.0. The molecule has 0 bridgehead atoms. The molecule has 1 aliphatic heterocycles. The quantitative estimate of drug-likeness (QED) is 0.391. The average molecular weight is 488 g/mol. The molecule has 0 unspecified atom stereocenters. The number of urea groups is 1. The van der Waals surface area contributed by atoms with E-state index in [9.17, 15) is 14.4 Å². The lowest BCUT2D eigenvalue weighted by Crippen LogP contribution is -2.38. The summed E-state index contributed by atoms with van der Waals surface area (Å²) in [4.78, 5) is 40.9. The predicted octanol–water partition coefficient (Wildman–Crippen LogP) is 3.70. The SMILES string of the molecule is COc1ccccc1NC(=O)CN1C(=O)N/C(=C/c2cc(C)n(-c3ccc(N(C)C)cc3)c2C)C1=O. The molecule has 0 atom stereocenters. The van der Waals surface area contributed by atoms with Crippen molar-refractivity contribution < 1.29 is 19.1 Å². The summed E-state index contributed by atoms with van der Waals surface area (Å²) in [6.07, 6.45) is 1.64. The number of nitrogens with zero attached hydrogens (tertiary/aromatic N) is 3. The number of aromatic nitrogens is 1. The van der Waals surface area contributed by atoms with Gasteiger partial charge in [0.25, 0.3) is 5.91 Å². The number of para-hydroxylation sites is 2. The van der Waals surface area contributed by atoms with Gasteiger partial charge in [-0.3, -0.25) is 9.59 Å². The van der Waals surface area contributed by atoms with Crippen LogP contribution in [0.25, 0.3) is 11.8 Å². The molecule has 1 saturated heterocycles. The molecule has 36 heavy (non-hydrogen) atoms. The number of imide groups is 1. The highest BCUT2D eigenvalue weighted by Gasteiger charge is 2.35. The van der Waals surface area contributed by atoms with Gasteiger partial charge in [0.2, 0.25) is 5.91 Å². The topological polar surface area (TPSA) is 95.9 Å². The second-order valence-corrected chi connectivity index (χ2v) is 8.70. The molecule has 186 valence electrons. The summed E-state index contributed by atoms with van der Waals surface area (Å²) >= 11 is 0. The molecule has 0 saturated carbocycles. The van der Waals surface area contributed by atoms with Gasteiger partial charge in [0.15, 0.2) is 0 Å². The van der Waals surface area contributed by atoms with Gasteiger partial charge in [-0.1, -0.05) is 12.1 Å². The Hall–Kier alpha value is -4.53. The van der Waals surface area contributed by atoms with Crippen molar-refractivity contribution in [2.75, 3.05) is 38.0 Å². The highest BCUT2D eigenvalue weighted by molar-refractivity contribution is 6.16. The smallest absolute Gasteiger partial charge is 0.329 e. The van der Waals surface area contributed by atoms with Gasteiger partial charge in [0.1, 0.15) is 18.0 Å². The summed E-state index contributed by atoms with van der Waals surface area (Å²) < 4.78 is 7.31. The molecule has 2 N–H and O–H groups in total. The predicted molar refractivity (Wildman–Crippen MR) is 139 cm³/mol. The Labute approximate surface area is 210 Å². The van der Waals surface area contributed by atoms with Gasteiger partial charge in [-0.15, -0.1) is 0 Å². The maximum Gasteiger partial charge on any atom is 0.329 e. The van der Waals surface area contributed by atoms with E-state index < -0.39 is 24.4 Å². The van der Waals surface area contributed by atoms with Gasteiger partial charge < -0.3 is 24.8 Å². The van der Waals surface area contributed by atoms with Crippen LogP contribution in [0.2, 0.25) is 0 Å².